The molecule has 16 heavy (non-hydrogen) atoms. The molecular weight excluding hydrogens is 210 g/mol. The molecule has 0 fully saturated rings. The highest BCUT2D eigenvalue weighted by molar-refractivity contribution is 6.44. The van der Waals surface area contributed by atoms with Crippen LogP contribution in [0.4, 0.5) is 0 Å². The van der Waals surface area contributed by atoms with Crippen LogP contribution >= 0.6 is 0 Å². The first-order chi connectivity index (χ1) is 7.66. The summed E-state index contributed by atoms with van der Waals surface area (Å²) in [6, 6.07) is 0. The predicted octanol–water partition coefficient (Wildman–Crippen LogP) is -0.116. The highest BCUT2D eigenvalue weighted by Crippen LogP contribution is 2.16. The summed E-state index contributed by atoms with van der Waals surface area (Å²) >= 11 is 0. The van der Waals surface area contributed by atoms with E-state index in [1.54, 1.807) is 12.4 Å². The van der Waals surface area contributed by atoms with Gasteiger partial charge in [-0.25, -0.2) is 0 Å². The molecule has 0 saturated carbocycles. The molecule has 0 aliphatic carbocycles. The van der Waals surface area contributed by atoms with Crippen molar-refractivity contribution in [3.63, 3.8) is 0 Å². The van der Waals surface area contributed by atoms with Crippen molar-refractivity contribution >= 4 is 23.3 Å². The summed E-state index contributed by atoms with van der Waals surface area (Å²) in [7, 11) is 0. The van der Waals surface area contributed by atoms with Gasteiger partial charge in [0.1, 0.15) is 12.3 Å². The van der Waals surface area contributed by atoms with Crippen molar-refractivity contribution in [3.05, 3.63) is 24.0 Å². The average Bonchev–Trinajstić information content (AvgIpc) is 2.72. The second kappa shape index (κ2) is 4.09. The SMILES string of the molecule is O=C(O)CNC(=O)C1=NC=C2C=CN=C2C1. The Balaban J connectivity index is 2.02. The molecule has 2 aliphatic rings. The van der Waals surface area contributed by atoms with Crippen molar-refractivity contribution in [2.45, 2.75) is 6.42 Å². The zero-order valence-electron chi connectivity index (χ0n) is 8.30. The first-order valence-electron chi connectivity index (χ1n) is 4.67. The van der Waals surface area contributed by atoms with Crippen LogP contribution < -0.4 is 5.32 Å². The fraction of sp³-hybridized carbons (Fsp3) is 0.200. The molecule has 6 heteroatoms. The first-order valence-corrected chi connectivity index (χ1v) is 4.67. The maximum atomic E-state index is 11.5. The summed E-state index contributed by atoms with van der Waals surface area (Å²) in [6.45, 7) is -0.404. The number of carbonyl (C=O) groups excluding carboxylic acids is 1. The number of carboxylic acid groups (broad SMARTS) is 1. The van der Waals surface area contributed by atoms with Gasteiger partial charge in [-0.1, -0.05) is 0 Å². The van der Waals surface area contributed by atoms with E-state index in [-0.39, 0.29) is 5.71 Å². The van der Waals surface area contributed by atoms with Crippen LogP contribution in [0.3, 0.4) is 0 Å². The van der Waals surface area contributed by atoms with E-state index < -0.39 is 18.4 Å². The highest BCUT2D eigenvalue weighted by Gasteiger charge is 2.21. The molecule has 2 N–H and O–H groups in total. The number of aliphatic carboxylic acids is 1. The monoisotopic (exact) mass is 219 g/mol. The summed E-state index contributed by atoms with van der Waals surface area (Å²) in [6.07, 6.45) is 5.35. The minimum Gasteiger partial charge on any atom is -0.480 e. The molecule has 0 aromatic carbocycles. The van der Waals surface area contributed by atoms with Crippen LogP contribution in [0.25, 0.3) is 0 Å². The lowest BCUT2D eigenvalue weighted by Crippen LogP contribution is -2.36. The van der Waals surface area contributed by atoms with Gasteiger partial charge in [-0.15, -0.1) is 0 Å². The zero-order valence-corrected chi connectivity index (χ0v) is 8.30. The molecule has 2 rings (SSSR count). The number of nitrogens with one attached hydrogen (secondary N) is 1. The minimum atomic E-state index is -1.08. The molecule has 0 radical (unpaired) electrons. The molecule has 0 unspecified atom stereocenters. The van der Waals surface area contributed by atoms with Crippen molar-refractivity contribution in [2.24, 2.45) is 9.98 Å². The third-order valence-corrected chi connectivity index (χ3v) is 2.17. The number of hydrogen-bond acceptors (Lipinski definition) is 4. The molecule has 0 aromatic heterocycles. The fourth-order valence-corrected chi connectivity index (χ4v) is 1.39. The summed E-state index contributed by atoms with van der Waals surface area (Å²) in [4.78, 5) is 29.8. The maximum Gasteiger partial charge on any atom is 0.322 e. The quantitative estimate of drug-likeness (QED) is 0.693. The molecule has 2 heterocycles. The maximum absolute atomic E-state index is 11.5. The number of aliphatic imine (C=N–C) groups is 2. The smallest absolute Gasteiger partial charge is 0.322 e. The summed E-state index contributed by atoms with van der Waals surface area (Å²) < 4.78 is 0. The van der Waals surface area contributed by atoms with Crippen molar-refractivity contribution in [1.82, 2.24) is 5.32 Å². The van der Waals surface area contributed by atoms with E-state index in [9.17, 15) is 9.59 Å². The molecule has 6 nitrogen and oxygen atoms in total. The standard InChI is InChI=1S/C10H9N3O3/c14-9(15)5-13-10(16)8-3-7-6(4-12-8)1-2-11-7/h1-2,4H,3,5H2,(H,13,16)(H,14,15). The number of hydrogen-bond donors (Lipinski definition) is 2. The Labute approximate surface area is 91.1 Å². The molecule has 0 atom stereocenters. The van der Waals surface area contributed by atoms with Gasteiger partial charge >= 0.3 is 5.97 Å². The molecule has 0 spiro atoms. The van der Waals surface area contributed by atoms with Crippen molar-refractivity contribution < 1.29 is 14.7 Å². The third-order valence-electron chi connectivity index (χ3n) is 2.17. The van der Waals surface area contributed by atoms with Crippen LogP contribution in [0, 0.1) is 0 Å². The Hall–Kier alpha value is -2.24. The Kier molecular flexibility index (Phi) is 2.63. The molecule has 0 aromatic rings. The number of rotatable bonds is 3. The average molecular weight is 219 g/mol. The van der Waals surface area contributed by atoms with Crippen LogP contribution in [0.2, 0.25) is 0 Å². The van der Waals surface area contributed by atoms with E-state index in [1.165, 1.54) is 0 Å². The fourth-order valence-electron chi connectivity index (χ4n) is 1.39. The van der Waals surface area contributed by atoms with Crippen LogP contribution in [0.15, 0.2) is 34.0 Å². The molecular formula is C10H9N3O3. The van der Waals surface area contributed by atoms with Gasteiger partial charge in [0.25, 0.3) is 5.91 Å². The number of allylic oxidation sites excluding steroid dienone is 2. The van der Waals surface area contributed by atoms with E-state index in [0.29, 0.717) is 6.42 Å². The van der Waals surface area contributed by atoms with Gasteiger partial charge in [-0.2, -0.15) is 0 Å². The number of amides is 1. The van der Waals surface area contributed by atoms with E-state index in [1.807, 2.05) is 6.08 Å². The second-order valence-corrected chi connectivity index (χ2v) is 3.30. The van der Waals surface area contributed by atoms with E-state index in [2.05, 4.69) is 15.3 Å². The van der Waals surface area contributed by atoms with Gasteiger partial charge < -0.3 is 10.4 Å². The summed E-state index contributed by atoms with van der Waals surface area (Å²) in [5.74, 6) is -1.55. The van der Waals surface area contributed by atoms with Gasteiger partial charge in [-0.3, -0.25) is 19.6 Å². The second-order valence-electron chi connectivity index (χ2n) is 3.30. The van der Waals surface area contributed by atoms with E-state index in [0.717, 1.165) is 11.3 Å². The molecule has 0 saturated heterocycles. The summed E-state index contributed by atoms with van der Waals surface area (Å²) in [5.41, 5.74) is 1.97. The van der Waals surface area contributed by atoms with E-state index >= 15 is 0 Å². The zero-order chi connectivity index (χ0) is 11.5. The van der Waals surface area contributed by atoms with Gasteiger partial charge in [0.15, 0.2) is 0 Å². The molecule has 82 valence electrons. The van der Waals surface area contributed by atoms with Crippen LogP contribution in [0.5, 0.6) is 0 Å². The predicted molar refractivity (Wildman–Crippen MR) is 57.4 cm³/mol. The van der Waals surface area contributed by atoms with Crippen LogP contribution in [0.1, 0.15) is 6.42 Å². The Morgan fingerprint density at radius 3 is 3.00 bits per heavy atom. The lowest BCUT2D eigenvalue weighted by atomic mass is 10.0. The van der Waals surface area contributed by atoms with Gasteiger partial charge in [0.05, 0.1) is 5.71 Å². The number of fused-ring (bicyclic) bond motifs is 1. The van der Waals surface area contributed by atoms with Crippen LogP contribution in [-0.4, -0.2) is 35.0 Å². The number of carbonyl (C=O) groups is 2. The van der Waals surface area contributed by atoms with Gasteiger partial charge in [-0.05, 0) is 6.08 Å². The Bertz CT molecular complexity index is 472. The number of carboxylic acids is 1. The Morgan fingerprint density at radius 2 is 2.25 bits per heavy atom. The van der Waals surface area contributed by atoms with Crippen molar-refractivity contribution in [3.8, 4) is 0 Å². The van der Waals surface area contributed by atoms with Crippen molar-refractivity contribution in [1.29, 1.82) is 0 Å². The molecule has 0 bridgehead atoms. The first kappa shape index (κ1) is 10.3. The topological polar surface area (TPSA) is 91.1 Å². The minimum absolute atomic E-state index is 0.285. The van der Waals surface area contributed by atoms with Crippen molar-refractivity contribution in [2.75, 3.05) is 6.54 Å². The van der Waals surface area contributed by atoms with Gasteiger partial charge in [0.2, 0.25) is 0 Å². The Morgan fingerprint density at radius 1 is 1.44 bits per heavy atom. The molecule has 2 aliphatic heterocycles. The largest absolute Gasteiger partial charge is 0.480 e. The van der Waals surface area contributed by atoms with E-state index in [4.69, 9.17) is 5.11 Å². The number of nitrogens with zero attached hydrogens (tertiary/aromatic N) is 2. The van der Waals surface area contributed by atoms with Gasteiger partial charge in [0, 0.05) is 24.4 Å². The van der Waals surface area contributed by atoms with Crippen LogP contribution in [-0.2, 0) is 9.59 Å². The third kappa shape index (κ3) is 2.05. The highest BCUT2D eigenvalue weighted by atomic mass is 16.4. The molecule has 1 amide bonds. The lowest BCUT2D eigenvalue weighted by Gasteiger charge is -2.10. The summed E-state index contributed by atoms with van der Waals surface area (Å²) in [5, 5.41) is 10.7. The normalized spacial score (nSPS) is 17.1. The lowest BCUT2D eigenvalue weighted by molar-refractivity contribution is -0.137.